The monoisotopic (exact) mass is 619 g/mol. The Hall–Kier alpha value is -1.50. The van der Waals surface area contributed by atoms with Gasteiger partial charge >= 0.3 is 12.1 Å². The van der Waals surface area contributed by atoms with Crippen LogP contribution in [0.4, 0.5) is 9.18 Å². The zero-order valence-corrected chi connectivity index (χ0v) is 26.8. The summed E-state index contributed by atoms with van der Waals surface area (Å²) in [6.07, 6.45) is 0.678. The van der Waals surface area contributed by atoms with E-state index < -0.39 is 47.9 Å². The lowest BCUT2D eigenvalue weighted by molar-refractivity contribution is -0.145. The highest BCUT2D eigenvalue weighted by molar-refractivity contribution is 9.10. The number of ether oxygens (including phenoxy) is 3. The number of thioether (sulfide) groups is 1. The summed E-state index contributed by atoms with van der Waals surface area (Å²) in [6.45, 7) is 17.6. The zero-order chi connectivity index (χ0) is 28.4. The Morgan fingerprint density at radius 3 is 2.43 bits per heavy atom. The fourth-order valence-electron chi connectivity index (χ4n) is 3.78. The lowest BCUT2D eigenvalue weighted by Crippen LogP contribution is -2.55. The summed E-state index contributed by atoms with van der Waals surface area (Å²) in [5, 5.41) is 0.176. The van der Waals surface area contributed by atoms with E-state index >= 15 is 4.39 Å². The maximum absolute atomic E-state index is 15.1. The number of methoxy groups -OCH3 is 1. The van der Waals surface area contributed by atoms with Crippen molar-refractivity contribution in [3.05, 3.63) is 28.2 Å². The van der Waals surface area contributed by atoms with E-state index in [2.05, 4.69) is 40.6 Å². The van der Waals surface area contributed by atoms with Crippen molar-refractivity contribution in [1.82, 2.24) is 9.88 Å². The minimum atomic E-state index is -1.37. The van der Waals surface area contributed by atoms with Gasteiger partial charge in [-0.25, -0.2) is 14.7 Å². The zero-order valence-electron chi connectivity index (χ0n) is 23.4. The molecule has 0 spiro atoms. The smallest absolute Gasteiger partial charge is 0.418 e. The third kappa shape index (κ3) is 7.76. The number of aliphatic imine (C=N–C) groups is 1. The molecule has 0 saturated heterocycles. The molecule has 0 N–H and O–H groups in total. The fraction of sp³-hybridized carbons (Fsp3) is 0.680. The Kier molecular flexibility index (Phi) is 10.0. The Labute approximate surface area is 233 Å². The van der Waals surface area contributed by atoms with E-state index in [0.29, 0.717) is 11.1 Å². The molecule has 0 aromatic carbocycles. The number of hydrogen-bond donors (Lipinski definition) is 0. The second-order valence-corrected chi connectivity index (χ2v) is 19.7. The van der Waals surface area contributed by atoms with E-state index in [1.165, 1.54) is 18.2 Å². The van der Waals surface area contributed by atoms with Crippen molar-refractivity contribution >= 4 is 53.0 Å². The van der Waals surface area contributed by atoms with Crippen LogP contribution in [0.2, 0.25) is 25.7 Å². The average molecular weight is 621 g/mol. The summed E-state index contributed by atoms with van der Waals surface area (Å²) in [4.78, 5) is 36.5. The van der Waals surface area contributed by atoms with E-state index in [1.807, 2.05) is 6.92 Å². The molecule has 37 heavy (non-hydrogen) atoms. The molecule has 1 aromatic rings. The molecule has 2 heterocycles. The minimum Gasteiger partial charge on any atom is -0.468 e. The standard InChI is InChI=1S/C25H39BrFN3O5SSi/c1-16-24(5,18-13-17(26)14-28-19(18)27)29-21(36-25(16,6)20(31)33-7)30(22(32)35-23(2,3)4)15-34-11-12-37(8,9)10/h13-14,16H,11-12,15H2,1-10H3/t16-,24-,25-/m0/s1. The van der Waals surface area contributed by atoms with E-state index in [4.69, 9.17) is 19.2 Å². The van der Waals surface area contributed by atoms with Crippen molar-refractivity contribution in [2.75, 3.05) is 20.4 Å². The predicted molar refractivity (Wildman–Crippen MR) is 151 cm³/mol. The maximum Gasteiger partial charge on any atom is 0.418 e. The first kappa shape index (κ1) is 31.7. The van der Waals surface area contributed by atoms with Gasteiger partial charge < -0.3 is 14.2 Å². The highest BCUT2D eigenvalue weighted by Gasteiger charge is 2.56. The Balaban J connectivity index is 2.65. The van der Waals surface area contributed by atoms with Crippen LogP contribution in [0, 0.1) is 11.9 Å². The van der Waals surface area contributed by atoms with Gasteiger partial charge in [-0.1, -0.05) is 38.3 Å². The molecule has 12 heteroatoms. The highest BCUT2D eigenvalue weighted by atomic mass is 79.9. The van der Waals surface area contributed by atoms with Gasteiger partial charge in [0.1, 0.15) is 17.1 Å². The molecule has 0 fully saturated rings. The number of carbonyl (C=O) groups is 2. The van der Waals surface area contributed by atoms with Gasteiger partial charge in [0.25, 0.3) is 0 Å². The van der Waals surface area contributed by atoms with Crippen LogP contribution < -0.4 is 0 Å². The van der Waals surface area contributed by atoms with Crippen molar-refractivity contribution in [3.63, 3.8) is 0 Å². The van der Waals surface area contributed by atoms with Gasteiger partial charge in [0.2, 0.25) is 5.95 Å². The molecule has 0 saturated carbocycles. The third-order valence-electron chi connectivity index (χ3n) is 6.30. The molecular formula is C25H39BrFN3O5SSi. The average Bonchev–Trinajstić information content (AvgIpc) is 2.76. The van der Waals surface area contributed by atoms with Crippen LogP contribution in [0.5, 0.6) is 0 Å². The number of amides is 1. The van der Waals surface area contributed by atoms with E-state index in [0.717, 1.165) is 17.8 Å². The molecule has 8 nitrogen and oxygen atoms in total. The lowest BCUT2D eigenvalue weighted by Gasteiger charge is -2.47. The highest BCUT2D eigenvalue weighted by Crippen LogP contribution is 2.52. The number of rotatable bonds is 7. The van der Waals surface area contributed by atoms with E-state index in [9.17, 15) is 9.59 Å². The number of pyridine rings is 1. The summed E-state index contributed by atoms with van der Waals surface area (Å²) in [6, 6.07) is 2.49. The SMILES string of the molecule is COC(=O)[C@@]1(C)SC(N(COCC[Si](C)(C)C)C(=O)OC(C)(C)C)=N[C@](C)(c2cc(Br)cnc2F)[C@@H]1C. The number of carbonyl (C=O) groups excluding carboxylic acids is 2. The number of aromatic nitrogens is 1. The quantitative estimate of drug-likeness (QED) is 0.114. The lowest BCUT2D eigenvalue weighted by atomic mass is 9.74. The van der Waals surface area contributed by atoms with Gasteiger partial charge in [0.15, 0.2) is 5.17 Å². The van der Waals surface area contributed by atoms with Crippen LogP contribution in [-0.4, -0.2) is 66.0 Å². The molecule has 2 rings (SSSR count). The van der Waals surface area contributed by atoms with Gasteiger partial charge in [-0.05, 0) is 62.7 Å². The van der Waals surface area contributed by atoms with Crippen molar-refractivity contribution in [2.45, 2.75) is 83.1 Å². The summed E-state index contributed by atoms with van der Waals surface area (Å²) in [5.74, 6) is -1.77. The largest absolute Gasteiger partial charge is 0.468 e. The first-order valence-corrected chi connectivity index (χ1v) is 17.4. The number of nitrogens with zero attached hydrogens (tertiary/aromatic N) is 3. The molecule has 208 valence electrons. The van der Waals surface area contributed by atoms with Gasteiger partial charge in [0.05, 0.1) is 12.6 Å². The van der Waals surface area contributed by atoms with E-state index in [-0.39, 0.29) is 17.5 Å². The molecular weight excluding hydrogens is 581 g/mol. The predicted octanol–water partition coefficient (Wildman–Crippen LogP) is 6.42. The van der Waals surface area contributed by atoms with Gasteiger partial charge in [-0.15, -0.1) is 0 Å². The molecule has 1 aliphatic heterocycles. The Bertz CT molecular complexity index is 1050. The first-order valence-electron chi connectivity index (χ1n) is 12.1. The van der Waals surface area contributed by atoms with Crippen LogP contribution in [0.25, 0.3) is 0 Å². The molecule has 0 unspecified atom stereocenters. The number of hydrogen-bond acceptors (Lipinski definition) is 8. The number of esters is 1. The van der Waals surface area contributed by atoms with Crippen molar-refractivity contribution in [1.29, 1.82) is 0 Å². The van der Waals surface area contributed by atoms with Gasteiger partial charge in [-0.2, -0.15) is 4.39 Å². The van der Waals surface area contributed by atoms with Crippen LogP contribution in [0.3, 0.4) is 0 Å². The molecule has 0 aliphatic carbocycles. The summed E-state index contributed by atoms with van der Waals surface area (Å²) in [5.41, 5.74) is -1.87. The second-order valence-electron chi connectivity index (χ2n) is 11.7. The van der Waals surface area contributed by atoms with Crippen molar-refractivity contribution in [3.8, 4) is 0 Å². The van der Waals surface area contributed by atoms with Crippen LogP contribution in [-0.2, 0) is 24.5 Å². The minimum absolute atomic E-state index is 0.133. The van der Waals surface area contributed by atoms with Gasteiger partial charge in [-0.3, -0.25) is 9.79 Å². The van der Waals surface area contributed by atoms with Crippen LogP contribution >= 0.6 is 27.7 Å². The summed E-state index contributed by atoms with van der Waals surface area (Å²) in [7, 11) is -0.0728. The Morgan fingerprint density at radius 2 is 1.89 bits per heavy atom. The first-order chi connectivity index (χ1) is 16.8. The molecule has 3 atom stereocenters. The van der Waals surface area contributed by atoms with Crippen molar-refractivity contribution in [2.24, 2.45) is 10.9 Å². The molecule has 1 aliphatic rings. The topological polar surface area (TPSA) is 90.3 Å². The molecule has 0 radical (unpaired) electrons. The fourth-order valence-corrected chi connectivity index (χ4v) is 6.29. The maximum atomic E-state index is 15.1. The summed E-state index contributed by atoms with van der Waals surface area (Å²) < 4.78 is 31.2. The molecule has 1 amide bonds. The van der Waals surface area contributed by atoms with Crippen LogP contribution in [0.1, 0.15) is 47.1 Å². The molecule has 1 aromatic heterocycles. The molecule has 0 bridgehead atoms. The van der Waals surface area contributed by atoms with Crippen molar-refractivity contribution < 1.29 is 28.2 Å². The number of halogens is 2. The Morgan fingerprint density at radius 1 is 1.27 bits per heavy atom. The number of amidine groups is 1. The van der Waals surface area contributed by atoms with E-state index in [1.54, 1.807) is 40.7 Å². The second kappa shape index (κ2) is 11.7. The normalized spacial score (nSPS) is 24.3. The van der Waals surface area contributed by atoms with Gasteiger partial charge in [0, 0.05) is 36.8 Å². The summed E-state index contributed by atoms with van der Waals surface area (Å²) >= 11 is 4.44. The van der Waals surface area contributed by atoms with Crippen LogP contribution in [0.15, 0.2) is 21.7 Å². The third-order valence-corrected chi connectivity index (χ3v) is 9.88.